The number of hydrogen-bond acceptors (Lipinski definition) is 3. The molecule has 2 aromatic rings. The highest BCUT2D eigenvalue weighted by atomic mass is 32.1. The van der Waals surface area contributed by atoms with Crippen LogP contribution in [0.2, 0.25) is 0 Å². The summed E-state index contributed by atoms with van der Waals surface area (Å²) in [5.41, 5.74) is 3.81. The molecule has 0 aliphatic carbocycles. The number of benzene rings is 2. The van der Waals surface area contributed by atoms with Crippen LogP contribution in [0.1, 0.15) is 53.6 Å². The van der Waals surface area contributed by atoms with Gasteiger partial charge in [0.25, 0.3) is 5.91 Å². The van der Waals surface area contributed by atoms with Crippen molar-refractivity contribution in [2.75, 3.05) is 25.0 Å². The van der Waals surface area contributed by atoms with Gasteiger partial charge in [-0.2, -0.15) is 0 Å². The van der Waals surface area contributed by atoms with Gasteiger partial charge >= 0.3 is 0 Å². The average Bonchev–Trinajstić information content (AvgIpc) is 3.23. The first-order chi connectivity index (χ1) is 15.6. The first-order valence-electron chi connectivity index (χ1n) is 11.4. The maximum Gasteiger partial charge on any atom is 0.253 e. The summed E-state index contributed by atoms with van der Waals surface area (Å²) in [6.45, 7) is 3.75. The Balaban J connectivity index is 1.30. The van der Waals surface area contributed by atoms with Crippen LogP contribution in [-0.2, 0) is 17.9 Å². The van der Waals surface area contributed by atoms with Gasteiger partial charge in [-0.05, 0) is 73.3 Å². The van der Waals surface area contributed by atoms with E-state index in [4.69, 9.17) is 12.2 Å². The van der Waals surface area contributed by atoms with E-state index < -0.39 is 0 Å². The maximum atomic E-state index is 12.6. The molecular weight excluding hydrogens is 420 g/mol. The number of likely N-dealkylation sites (tertiary alicyclic amines) is 2. The van der Waals surface area contributed by atoms with E-state index in [-0.39, 0.29) is 11.8 Å². The van der Waals surface area contributed by atoms with E-state index >= 15 is 0 Å². The lowest BCUT2D eigenvalue weighted by Crippen LogP contribution is -2.35. The molecule has 2 heterocycles. The average molecular weight is 451 g/mol. The minimum Gasteiger partial charge on any atom is -0.358 e. The molecule has 168 valence electrons. The van der Waals surface area contributed by atoms with Gasteiger partial charge in [0, 0.05) is 50.4 Å². The fraction of sp³-hybridized carbons (Fsp3) is 0.400. The van der Waals surface area contributed by atoms with Crippen molar-refractivity contribution in [3.05, 3.63) is 65.2 Å². The van der Waals surface area contributed by atoms with Crippen molar-refractivity contribution in [3.8, 4) is 0 Å². The van der Waals surface area contributed by atoms with Crippen molar-refractivity contribution in [1.82, 2.24) is 15.1 Å². The van der Waals surface area contributed by atoms with Crippen LogP contribution in [0.5, 0.6) is 0 Å². The molecule has 0 spiro atoms. The molecule has 2 saturated heterocycles. The van der Waals surface area contributed by atoms with E-state index in [9.17, 15) is 9.59 Å². The minimum absolute atomic E-state index is 0.102. The Labute approximate surface area is 195 Å². The molecule has 0 atom stereocenters. The van der Waals surface area contributed by atoms with E-state index in [1.165, 1.54) is 6.42 Å². The largest absolute Gasteiger partial charge is 0.358 e. The maximum absolute atomic E-state index is 12.6. The second kappa shape index (κ2) is 10.6. The van der Waals surface area contributed by atoms with Crippen LogP contribution in [0.3, 0.4) is 0 Å². The predicted molar refractivity (Wildman–Crippen MR) is 130 cm³/mol. The number of carbonyl (C=O) groups is 2. The summed E-state index contributed by atoms with van der Waals surface area (Å²) in [6, 6.07) is 15.6. The van der Waals surface area contributed by atoms with Crippen LogP contribution in [0.4, 0.5) is 5.69 Å². The number of anilines is 1. The lowest BCUT2D eigenvalue weighted by atomic mass is 10.1. The molecule has 2 amide bonds. The number of hydrogen-bond donors (Lipinski definition) is 2. The van der Waals surface area contributed by atoms with Gasteiger partial charge in [-0.3, -0.25) is 9.59 Å². The second-order valence-corrected chi connectivity index (χ2v) is 8.83. The van der Waals surface area contributed by atoms with Crippen LogP contribution in [0.25, 0.3) is 0 Å². The van der Waals surface area contributed by atoms with Gasteiger partial charge in [0.1, 0.15) is 0 Å². The Hall–Kier alpha value is -2.93. The molecule has 2 fully saturated rings. The third-order valence-corrected chi connectivity index (χ3v) is 6.37. The van der Waals surface area contributed by atoms with Crippen molar-refractivity contribution in [2.45, 2.75) is 45.2 Å². The van der Waals surface area contributed by atoms with Crippen LogP contribution >= 0.6 is 12.2 Å². The molecule has 0 unspecified atom stereocenters. The fourth-order valence-electron chi connectivity index (χ4n) is 4.29. The van der Waals surface area contributed by atoms with Crippen LogP contribution in [0.15, 0.2) is 48.5 Å². The first-order valence-corrected chi connectivity index (χ1v) is 11.8. The summed E-state index contributed by atoms with van der Waals surface area (Å²) in [6.07, 6.45) is 4.97. The quantitative estimate of drug-likeness (QED) is 0.653. The molecular formula is C25H30N4O2S. The molecule has 0 aromatic heterocycles. The Bertz CT molecular complexity index is 970. The summed E-state index contributed by atoms with van der Waals surface area (Å²) >= 11 is 5.47. The zero-order valence-electron chi connectivity index (χ0n) is 18.3. The summed E-state index contributed by atoms with van der Waals surface area (Å²) in [7, 11) is 0. The molecule has 2 N–H and O–H groups in total. The SMILES string of the molecule is O=C1CCCN1Cc1ccccc1CNC(=S)Nc1ccc(C(=O)N2CCCCC2)cc1. The molecule has 7 heteroatoms. The van der Waals surface area contributed by atoms with Gasteiger partial charge in [-0.25, -0.2) is 0 Å². The third kappa shape index (κ3) is 5.65. The smallest absolute Gasteiger partial charge is 0.253 e. The molecule has 2 aliphatic rings. The number of rotatable bonds is 6. The minimum atomic E-state index is 0.102. The van der Waals surface area contributed by atoms with E-state index in [2.05, 4.69) is 22.8 Å². The number of nitrogens with one attached hydrogen (secondary N) is 2. The third-order valence-electron chi connectivity index (χ3n) is 6.12. The lowest BCUT2D eigenvalue weighted by Gasteiger charge is -2.26. The Morgan fingerprint density at radius 1 is 0.906 bits per heavy atom. The predicted octanol–water partition coefficient (Wildman–Crippen LogP) is 3.92. The van der Waals surface area contributed by atoms with E-state index in [0.29, 0.717) is 30.2 Å². The Morgan fingerprint density at radius 3 is 2.31 bits per heavy atom. The zero-order valence-corrected chi connectivity index (χ0v) is 19.1. The lowest BCUT2D eigenvalue weighted by molar-refractivity contribution is -0.128. The molecule has 32 heavy (non-hydrogen) atoms. The van der Waals surface area contributed by atoms with Crippen molar-refractivity contribution < 1.29 is 9.59 Å². The second-order valence-electron chi connectivity index (χ2n) is 8.43. The van der Waals surface area contributed by atoms with E-state index in [0.717, 1.165) is 55.7 Å². The van der Waals surface area contributed by atoms with Gasteiger partial charge in [-0.15, -0.1) is 0 Å². The van der Waals surface area contributed by atoms with Crippen LogP contribution in [-0.4, -0.2) is 46.4 Å². The highest BCUT2D eigenvalue weighted by Gasteiger charge is 2.21. The Kier molecular flexibility index (Phi) is 7.37. The van der Waals surface area contributed by atoms with Gasteiger partial charge in [-0.1, -0.05) is 24.3 Å². The summed E-state index contributed by atoms with van der Waals surface area (Å²) < 4.78 is 0. The number of piperidine rings is 1. The molecule has 4 rings (SSSR count). The Morgan fingerprint density at radius 2 is 1.62 bits per heavy atom. The monoisotopic (exact) mass is 450 g/mol. The van der Waals surface area contributed by atoms with Gasteiger partial charge in [0.15, 0.2) is 5.11 Å². The fourth-order valence-corrected chi connectivity index (χ4v) is 4.48. The number of nitrogens with zero attached hydrogens (tertiary/aromatic N) is 2. The molecule has 2 aromatic carbocycles. The highest BCUT2D eigenvalue weighted by molar-refractivity contribution is 7.80. The van der Waals surface area contributed by atoms with Crippen molar-refractivity contribution in [1.29, 1.82) is 0 Å². The van der Waals surface area contributed by atoms with Crippen molar-refractivity contribution in [3.63, 3.8) is 0 Å². The number of amides is 2. The highest BCUT2D eigenvalue weighted by Crippen LogP contribution is 2.18. The number of thiocarbonyl (C=S) groups is 1. The van der Waals surface area contributed by atoms with Crippen LogP contribution < -0.4 is 10.6 Å². The van der Waals surface area contributed by atoms with E-state index in [1.807, 2.05) is 46.2 Å². The summed E-state index contributed by atoms with van der Waals surface area (Å²) in [5.74, 6) is 0.331. The number of carbonyl (C=O) groups excluding carboxylic acids is 2. The van der Waals surface area contributed by atoms with Crippen molar-refractivity contribution in [2.24, 2.45) is 0 Å². The summed E-state index contributed by atoms with van der Waals surface area (Å²) in [5, 5.41) is 6.96. The van der Waals surface area contributed by atoms with E-state index in [1.54, 1.807) is 0 Å². The van der Waals surface area contributed by atoms with Gasteiger partial charge in [0.05, 0.1) is 0 Å². The molecule has 0 bridgehead atoms. The normalized spacial score (nSPS) is 16.2. The topological polar surface area (TPSA) is 64.7 Å². The standard InChI is InChI=1S/C25H30N4O2S/c30-23-9-6-16-29(23)18-21-8-3-2-7-20(21)17-26-25(32)27-22-12-10-19(11-13-22)24(31)28-14-4-1-5-15-28/h2-3,7-8,10-13H,1,4-6,9,14-18H2,(H2,26,27,32). The first kappa shape index (κ1) is 22.3. The summed E-state index contributed by atoms with van der Waals surface area (Å²) in [4.78, 5) is 28.4. The molecule has 0 saturated carbocycles. The molecule has 2 aliphatic heterocycles. The van der Waals surface area contributed by atoms with Gasteiger partial charge < -0.3 is 20.4 Å². The molecule has 6 nitrogen and oxygen atoms in total. The zero-order chi connectivity index (χ0) is 22.3. The van der Waals surface area contributed by atoms with Crippen molar-refractivity contribution >= 4 is 34.8 Å². The molecule has 0 radical (unpaired) electrons. The van der Waals surface area contributed by atoms with Gasteiger partial charge in [0.2, 0.25) is 5.91 Å². The van der Waals surface area contributed by atoms with Crippen LogP contribution in [0, 0.1) is 0 Å².